The van der Waals surface area contributed by atoms with Crippen molar-refractivity contribution < 1.29 is 0 Å². The van der Waals surface area contributed by atoms with Gasteiger partial charge in [-0.2, -0.15) is 0 Å². The summed E-state index contributed by atoms with van der Waals surface area (Å²) in [5, 5.41) is 0. The van der Waals surface area contributed by atoms with Crippen LogP contribution in [0.4, 0.5) is 0 Å². The van der Waals surface area contributed by atoms with Crippen LogP contribution in [0.15, 0.2) is 0 Å². The first kappa shape index (κ1) is 11.4. The van der Waals surface area contributed by atoms with Crippen LogP contribution in [0.25, 0.3) is 0 Å². The van der Waals surface area contributed by atoms with Gasteiger partial charge in [-0.15, -0.1) is 0 Å². The van der Waals surface area contributed by atoms with Gasteiger partial charge in [0.15, 0.2) is 0 Å². The fourth-order valence-electron chi connectivity index (χ4n) is 3.50. The monoisotopic (exact) mass is 210 g/mol. The van der Waals surface area contributed by atoms with E-state index in [1.807, 2.05) is 0 Å². The van der Waals surface area contributed by atoms with Crippen LogP contribution in [0.1, 0.15) is 41.0 Å². The molecule has 1 saturated carbocycles. The molecule has 0 spiro atoms. The predicted octanol–water partition coefficient (Wildman–Crippen LogP) is 2.09. The molecule has 0 radical (unpaired) electrons. The second-order valence-corrected chi connectivity index (χ2v) is 6.77. The highest BCUT2D eigenvalue weighted by Crippen LogP contribution is 2.65. The summed E-state index contributed by atoms with van der Waals surface area (Å²) < 4.78 is 0. The Morgan fingerprint density at radius 1 is 1.13 bits per heavy atom. The molecule has 1 saturated heterocycles. The zero-order valence-corrected chi connectivity index (χ0v) is 10.9. The molecule has 2 N–H and O–H groups in total. The van der Waals surface area contributed by atoms with Crippen molar-refractivity contribution >= 4 is 0 Å². The van der Waals surface area contributed by atoms with E-state index < -0.39 is 0 Å². The minimum atomic E-state index is 0.422. The first-order chi connectivity index (χ1) is 6.78. The Morgan fingerprint density at radius 2 is 1.67 bits per heavy atom. The van der Waals surface area contributed by atoms with Crippen LogP contribution in [0.3, 0.4) is 0 Å². The molecule has 0 aromatic heterocycles. The number of nitrogens with two attached hydrogens (primary N) is 1. The summed E-state index contributed by atoms with van der Waals surface area (Å²) in [5.74, 6) is 0.658. The van der Waals surface area contributed by atoms with Crippen molar-refractivity contribution in [1.82, 2.24) is 4.90 Å². The van der Waals surface area contributed by atoms with Gasteiger partial charge in [-0.3, -0.25) is 4.90 Å². The highest BCUT2D eigenvalue weighted by molar-refractivity contribution is 5.19. The zero-order valence-electron chi connectivity index (χ0n) is 10.9. The van der Waals surface area contributed by atoms with Gasteiger partial charge in [-0.25, -0.2) is 0 Å². The summed E-state index contributed by atoms with van der Waals surface area (Å²) in [6, 6.07) is 1.19. The number of piperidine rings is 1. The quantitative estimate of drug-likeness (QED) is 0.718. The molecular weight excluding hydrogens is 184 g/mol. The van der Waals surface area contributed by atoms with Crippen LogP contribution in [-0.4, -0.2) is 30.1 Å². The molecule has 2 aliphatic rings. The van der Waals surface area contributed by atoms with E-state index in [4.69, 9.17) is 5.73 Å². The summed E-state index contributed by atoms with van der Waals surface area (Å²) in [4.78, 5) is 2.67. The van der Waals surface area contributed by atoms with Gasteiger partial charge in [-0.1, -0.05) is 34.6 Å². The van der Waals surface area contributed by atoms with Crippen LogP contribution in [0, 0.1) is 16.7 Å². The summed E-state index contributed by atoms with van der Waals surface area (Å²) in [6.07, 6.45) is 1.17. The summed E-state index contributed by atoms with van der Waals surface area (Å²) >= 11 is 0. The first-order valence-corrected chi connectivity index (χ1v) is 6.28. The molecule has 1 aliphatic carbocycles. The van der Waals surface area contributed by atoms with Gasteiger partial charge in [0.2, 0.25) is 0 Å². The molecule has 2 fully saturated rings. The first-order valence-electron chi connectivity index (χ1n) is 6.28. The molecule has 2 nitrogen and oxygen atoms in total. The van der Waals surface area contributed by atoms with E-state index in [9.17, 15) is 0 Å². The van der Waals surface area contributed by atoms with E-state index >= 15 is 0 Å². The maximum Gasteiger partial charge on any atom is 0.0209 e. The van der Waals surface area contributed by atoms with Gasteiger partial charge in [0.25, 0.3) is 0 Å². The van der Waals surface area contributed by atoms with Crippen LogP contribution < -0.4 is 5.73 Å². The Balaban J connectivity index is 2.03. The highest BCUT2D eigenvalue weighted by Gasteiger charge is 2.67. The third kappa shape index (κ3) is 1.53. The molecule has 2 unspecified atom stereocenters. The number of rotatable bonds is 1. The fraction of sp³-hybridized carbons (Fsp3) is 1.00. The predicted molar refractivity (Wildman–Crippen MR) is 64.7 cm³/mol. The normalized spacial score (nSPS) is 40.4. The number of nitrogens with zero attached hydrogens (tertiary/aromatic N) is 1. The molecule has 1 aliphatic heterocycles. The van der Waals surface area contributed by atoms with Crippen molar-refractivity contribution in [3.8, 4) is 0 Å². The van der Waals surface area contributed by atoms with E-state index in [2.05, 4.69) is 39.5 Å². The molecule has 88 valence electrons. The van der Waals surface area contributed by atoms with E-state index in [1.165, 1.54) is 19.5 Å². The molecule has 0 aromatic rings. The Bertz CT molecular complexity index is 243. The van der Waals surface area contributed by atoms with Crippen molar-refractivity contribution in [3.63, 3.8) is 0 Å². The largest absolute Gasteiger partial charge is 0.327 e. The van der Waals surface area contributed by atoms with Gasteiger partial charge in [0, 0.05) is 18.6 Å². The topological polar surface area (TPSA) is 29.3 Å². The molecule has 2 rings (SSSR count). The van der Waals surface area contributed by atoms with Crippen LogP contribution in [0.2, 0.25) is 0 Å². The van der Waals surface area contributed by atoms with Crippen LogP contribution >= 0.6 is 0 Å². The van der Waals surface area contributed by atoms with E-state index in [0.29, 0.717) is 22.8 Å². The lowest BCUT2D eigenvalue weighted by Gasteiger charge is -2.36. The molecule has 15 heavy (non-hydrogen) atoms. The van der Waals surface area contributed by atoms with Crippen molar-refractivity contribution in [3.05, 3.63) is 0 Å². The molecule has 1 heterocycles. The van der Waals surface area contributed by atoms with Gasteiger partial charge < -0.3 is 5.73 Å². The summed E-state index contributed by atoms with van der Waals surface area (Å²) in [7, 11) is 0. The lowest BCUT2D eigenvalue weighted by Crippen LogP contribution is -2.47. The average Bonchev–Trinajstić information content (AvgIpc) is 2.50. The number of likely N-dealkylation sites (tertiary alicyclic amines) is 1. The van der Waals surface area contributed by atoms with Gasteiger partial charge in [-0.05, 0) is 29.7 Å². The Hall–Kier alpha value is -0.0800. The number of hydrogen-bond donors (Lipinski definition) is 1. The summed E-state index contributed by atoms with van der Waals surface area (Å²) in [5.41, 5.74) is 7.03. The van der Waals surface area contributed by atoms with Gasteiger partial charge >= 0.3 is 0 Å². The summed E-state index contributed by atoms with van der Waals surface area (Å²) in [6.45, 7) is 14.3. The van der Waals surface area contributed by atoms with Crippen LogP contribution in [-0.2, 0) is 0 Å². The Kier molecular flexibility index (Phi) is 2.44. The highest BCUT2D eigenvalue weighted by atomic mass is 15.2. The van der Waals surface area contributed by atoms with Crippen molar-refractivity contribution in [2.24, 2.45) is 22.5 Å². The van der Waals surface area contributed by atoms with Gasteiger partial charge in [0.05, 0.1) is 0 Å². The lowest BCUT2D eigenvalue weighted by molar-refractivity contribution is 0.135. The zero-order chi connectivity index (χ0) is 11.4. The number of hydrogen-bond acceptors (Lipinski definition) is 2. The molecule has 0 bridgehead atoms. The second kappa shape index (κ2) is 3.21. The maximum absolute atomic E-state index is 6.07. The Morgan fingerprint density at radius 3 is 2.07 bits per heavy atom. The molecule has 0 aromatic carbocycles. The smallest absolute Gasteiger partial charge is 0.0209 e. The third-order valence-electron chi connectivity index (χ3n) is 5.31. The minimum Gasteiger partial charge on any atom is -0.327 e. The Labute approximate surface area is 94.2 Å². The SMILES string of the molecule is CC1CN(C2C(C)(C)C2(C)C)CCC1N. The van der Waals surface area contributed by atoms with E-state index in [1.54, 1.807) is 0 Å². The van der Waals surface area contributed by atoms with E-state index in [-0.39, 0.29) is 0 Å². The maximum atomic E-state index is 6.07. The van der Waals surface area contributed by atoms with E-state index in [0.717, 1.165) is 6.04 Å². The average molecular weight is 210 g/mol. The van der Waals surface area contributed by atoms with Crippen molar-refractivity contribution in [2.45, 2.75) is 53.1 Å². The molecule has 2 atom stereocenters. The van der Waals surface area contributed by atoms with Crippen molar-refractivity contribution in [2.75, 3.05) is 13.1 Å². The molecular formula is C13H26N2. The molecule has 2 heteroatoms. The standard InChI is InChI=1S/C13H26N2/c1-9-8-15(7-6-10(9)14)11-12(2,3)13(11,4)5/h9-11H,6-8,14H2,1-5H3. The third-order valence-corrected chi connectivity index (χ3v) is 5.31. The van der Waals surface area contributed by atoms with Crippen molar-refractivity contribution in [1.29, 1.82) is 0 Å². The van der Waals surface area contributed by atoms with Crippen LogP contribution in [0.5, 0.6) is 0 Å². The molecule has 0 amide bonds. The second-order valence-electron chi connectivity index (χ2n) is 6.77. The minimum absolute atomic E-state index is 0.422. The van der Waals surface area contributed by atoms with Gasteiger partial charge in [0.1, 0.15) is 0 Å². The fourth-order valence-corrected chi connectivity index (χ4v) is 3.50. The lowest BCUT2D eigenvalue weighted by atomic mass is 9.94.